The van der Waals surface area contributed by atoms with Gasteiger partial charge in [0.2, 0.25) is 5.76 Å². The fourth-order valence-corrected chi connectivity index (χ4v) is 3.05. The fraction of sp³-hybridized carbons (Fsp3) is 0.733. The summed E-state index contributed by atoms with van der Waals surface area (Å²) in [5, 5.41) is 39.9. The van der Waals surface area contributed by atoms with Crippen LogP contribution in [-0.4, -0.2) is 107 Å². The zero-order valence-corrected chi connectivity index (χ0v) is 14.5. The van der Waals surface area contributed by atoms with Crippen LogP contribution in [0.2, 0.25) is 0 Å². The molecule has 1 amide bonds. The zero-order valence-electron chi connectivity index (χ0n) is 14.5. The van der Waals surface area contributed by atoms with Crippen LogP contribution in [-0.2, 0) is 19.1 Å². The van der Waals surface area contributed by atoms with Gasteiger partial charge in [0.25, 0.3) is 0 Å². The van der Waals surface area contributed by atoms with Gasteiger partial charge in [-0.05, 0) is 6.08 Å². The van der Waals surface area contributed by atoms with E-state index in [1.165, 1.54) is 0 Å². The Kier molecular flexibility index (Phi) is 7.22. The maximum Gasteiger partial charge on any atom is 0.471 e. The number of halogens is 3. The largest absolute Gasteiger partial charge is 0.478 e. The average Bonchev–Trinajstić information content (AvgIpc) is 2.66. The molecular weight excluding hydrogens is 393 g/mol. The Morgan fingerprint density at radius 3 is 2.39 bits per heavy atom. The summed E-state index contributed by atoms with van der Waals surface area (Å²) in [6.45, 7) is -0.0784. The maximum atomic E-state index is 12.8. The lowest BCUT2D eigenvalue weighted by Crippen LogP contribution is -2.65. The highest BCUT2D eigenvalue weighted by atomic mass is 19.4. The lowest BCUT2D eigenvalue weighted by Gasteiger charge is -2.45. The quantitative estimate of drug-likeness (QED) is 0.327. The average molecular weight is 414 g/mol. The van der Waals surface area contributed by atoms with Gasteiger partial charge in [0.15, 0.2) is 0 Å². The normalized spacial score (nSPS) is 28.6. The van der Waals surface area contributed by atoms with Gasteiger partial charge >= 0.3 is 18.1 Å². The molecule has 0 unspecified atom stereocenters. The molecule has 0 aliphatic carbocycles. The highest BCUT2D eigenvalue weighted by Crippen LogP contribution is 2.28. The Morgan fingerprint density at radius 1 is 1.29 bits per heavy atom. The number of hydrogen-bond acceptors (Lipinski definition) is 8. The Hall–Kier alpha value is -1.93. The molecule has 2 aliphatic rings. The minimum absolute atomic E-state index is 0.220. The van der Waals surface area contributed by atoms with Crippen molar-refractivity contribution in [3.05, 3.63) is 11.8 Å². The number of alkyl halides is 3. The van der Waals surface area contributed by atoms with Crippen molar-refractivity contribution in [3.63, 3.8) is 0 Å². The first-order valence-corrected chi connectivity index (χ1v) is 8.34. The highest BCUT2D eigenvalue weighted by Gasteiger charge is 2.49. The number of hydrogen-bond donors (Lipinski definition) is 5. The van der Waals surface area contributed by atoms with Gasteiger partial charge in [-0.15, -0.1) is 0 Å². The molecule has 10 nitrogen and oxygen atoms in total. The van der Waals surface area contributed by atoms with E-state index in [1.807, 2.05) is 0 Å². The summed E-state index contributed by atoms with van der Waals surface area (Å²) >= 11 is 0. The van der Waals surface area contributed by atoms with E-state index in [0.717, 1.165) is 6.08 Å². The van der Waals surface area contributed by atoms with Crippen molar-refractivity contribution >= 4 is 11.9 Å². The van der Waals surface area contributed by atoms with Crippen LogP contribution in [0.5, 0.6) is 0 Å². The Balaban J connectivity index is 2.43. The highest BCUT2D eigenvalue weighted by molar-refractivity contribution is 5.85. The molecule has 5 N–H and O–H groups in total. The van der Waals surface area contributed by atoms with Crippen LogP contribution in [0.4, 0.5) is 13.2 Å². The van der Waals surface area contributed by atoms with E-state index in [4.69, 9.17) is 14.6 Å². The van der Waals surface area contributed by atoms with Crippen molar-refractivity contribution in [2.45, 2.75) is 36.6 Å². The number of carboxylic acid groups (broad SMARTS) is 1. The summed E-state index contributed by atoms with van der Waals surface area (Å²) in [4.78, 5) is 24.5. The van der Waals surface area contributed by atoms with Crippen LogP contribution < -0.4 is 5.32 Å². The number of ether oxygens (including phenoxy) is 2. The van der Waals surface area contributed by atoms with Crippen LogP contribution in [0.25, 0.3) is 0 Å². The molecule has 0 aromatic rings. The van der Waals surface area contributed by atoms with Crippen molar-refractivity contribution in [3.8, 4) is 0 Å². The topological polar surface area (TPSA) is 149 Å². The number of carbonyl (C=O) groups is 2. The van der Waals surface area contributed by atoms with E-state index in [2.05, 4.69) is 0 Å². The summed E-state index contributed by atoms with van der Waals surface area (Å²) in [6, 6.07) is -2.66. The summed E-state index contributed by atoms with van der Waals surface area (Å²) in [7, 11) is 0. The van der Waals surface area contributed by atoms with Crippen molar-refractivity contribution in [1.29, 1.82) is 0 Å². The predicted molar refractivity (Wildman–Crippen MR) is 83.9 cm³/mol. The Bertz CT molecular complexity index is 609. The number of morpholine rings is 1. The van der Waals surface area contributed by atoms with E-state index >= 15 is 0 Å². The van der Waals surface area contributed by atoms with Gasteiger partial charge in [-0.2, -0.15) is 13.2 Å². The van der Waals surface area contributed by atoms with E-state index in [1.54, 1.807) is 10.2 Å². The zero-order chi connectivity index (χ0) is 21.1. The molecule has 0 saturated carbocycles. The molecule has 5 atom stereocenters. The first-order chi connectivity index (χ1) is 13.1. The number of amides is 1. The number of carbonyl (C=O) groups excluding carboxylic acids is 1. The van der Waals surface area contributed by atoms with Crippen molar-refractivity contribution in [1.82, 2.24) is 10.2 Å². The van der Waals surface area contributed by atoms with Gasteiger partial charge in [0.1, 0.15) is 18.3 Å². The van der Waals surface area contributed by atoms with Gasteiger partial charge in [0, 0.05) is 13.1 Å². The number of aliphatic hydroxyl groups is 3. The van der Waals surface area contributed by atoms with Crippen LogP contribution >= 0.6 is 0 Å². The maximum absolute atomic E-state index is 12.8. The minimum Gasteiger partial charge on any atom is -0.478 e. The van der Waals surface area contributed by atoms with Gasteiger partial charge in [-0.3, -0.25) is 9.69 Å². The monoisotopic (exact) mass is 414 g/mol. The minimum atomic E-state index is -5.24. The third-order valence-corrected chi connectivity index (χ3v) is 4.46. The first kappa shape index (κ1) is 22.4. The number of nitrogens with one attached hydrogen (secondary N) is 1. The second-order valence-electron chi connectivity index (χ2n) is 6.29. The molecule has 2 aliphatic heterocycles. The molecule has 2 heterocycles. The molecule has 0 aromatic carbocycles. The number of nitrogens with zero attached hydrogens (tertiary/aromatic N) is 1. The number of carboxylic acids is 1. The number of aliphatic carboxylic acids is 1. The van der Waals surface area contributed by atoms with Crippen LogP contribution in [0.15, 0.2) is 11.8 Å². The molecule has 1 saturated heterocycles. The van der Waals surface area contributed by atoms with Crippen molar-refractivity contribution < 1.29 is 52.7 Å². The fourth-order valence-electron chi connectivity index (χ4n) is 3.05. The summed E-state index contributed by atoms with van der Waals surface area (Å²) < 4.78 is 48.6. The van der Waals surface area contributed by atoms with Crippen molar-refractivity contribution in [2.24, 2.45) is 0 Å². The van der Waals surface area contributed by atoms with E-state index in [0.29, 0.717) is 0 Å². The molecule has 0 bridgehead atoms. The third-order valence-electron chi connectivity index (χ3n) is 4.46. The molecule has 28 heavy (non-hydrogen) atoms. The van der Waals surface area contributed by atoms with Gasteiger partial charge < -0.3 is 35.2 Å². The third kappa shape index (κ3) is 5.11. The number of rotatable bonds is 6. The number of aliphatic hydroxyl groups excluding tert-OH is 3. The standard InChI is InChI=1S/C15H21F3N2O8/c16-15(17,18)14(26)19-10-7(20-1-3-27-4-2-20)5-9(13(24)25)28-12(10)11(23)8(22)6-21/h5,7-8,10-12,21-23H,1-4,6H2,(H,19,26)(H,24,25)/t7-,8+,10+,11+,12+/m0/s1. The smallest absolute Gasteiger partial charge is 0.471 e. The Morgan fingerprint density at radius 2 is 1.89 bits per heavy atom. The molecule has 0 aromatic heterocycles. The lowest BCUT2D eigenvalue weighted by molar-refractivity contribution is -0.178. The summed E-state index contributed by atoms with van der Waals surface area (Å²) in [5.41, 5.74) is 0. The van der Waals surface area contributed by atoms with Gasteiger partial charge in [-0.25, -0.2) is 4.79 Å². The molecule has 160 valence electrons. The van der Waals surface area contributed by atoms with Crippen LogP contribution in [0.1, 0.15) is 0 Å². The van der Waals surface area contributed by atoms with E-state index < -0.39 is 60.8 Å². The molecule has 0 spiro atoms. The first-order valence-electron chi connectivity index (χ1n) is 8.34. The van der Waals surface area contributed by atoms with E-state index in [9.17, 15) is 38.1 Å². The van der Waals surface area contributed by atoms with Crippen LogP contribution in [0, 0.1) is 0 Å². The SMILES string of the molecule is O=C(O)C1=C[C@H](N2CCOCC2)[C@@H](NC(=O)C(F)(F)F)[C@H]([C@H](O)[C@H](O)CO)O1. The van der Waals surface area contributed by atoms with Crippen molar-refractivity contribution in [2.75, 3.05) is 32.9 Å². The molecule has 13 heteroatoms. The van der Waals surface area contributed by atoms with Crippen LogP contribution in [0.3, 0.4) is 0 Å². The molecule has 1 fully saturated rings. The molecular formula is C15H21F3N2O8. The Labute approximate surface area is 157 Å². The van der Waals surface area contributed by atoms with Gasteiger partial charge in [0.05, 0.1) is 31.9 Å². The summed E-state index contributed by atoms with van der Waals surface area (Å²) in [6.07, 6.45) is -9.79. The van der Waals surface area contributed by atoms with E-state index in [-0.39, 0.29) is 26.3 Å². The summed E-state index contributed by atoms with van der Waals surface area (Å²) in [5.74, 6) is -4.53. The predicted octanol–water partition coefficient (Wildman–Crippen LogP) is -2.18. The van der Waals surface area contributed by atoms with Gasteiger partial charge in [-0.1, -0.05) is 0 Å². The molecule has 0 radical (unpaired) electrons. The lowest BCUT2D eigenvalue weighted by atomic mass is 9.90. The second-order valence-corrected chi connectivity index (χ2v) is 6.29. The molecule has 2 rings (SSSR count). The second kappa shape index (κ2) is 9.05.